The smallest absolute Gasteiger partial charge is 0.253 e. The Morgan fingerprint density at radius 2 is 1.39 bits per heavy atom. The predicted molar refractivity (Wildman–Crippen MR) is 121 cm³/mol. The molecule has 2 fully saturated rings. The van der Waals surface area contributed by atoms with Gasteiger partial charge in [-0.3, -0.25) is 14.5 Å². The molecule has 0 aliphatic carbocycles. The second kappa shape index (κ2) is 8.79. The van der Waals surface area contributed by atoms with Crippen LogP contribution in [0.5, 0.6) is 0 Å². The van der Waals surface area contributed by atoms with Crippen molar-refractivity contribution in [3.63, 3.8) is 0 Å². The van der Waals surface area contributed by atoms with E-state index in [1.165, 1.54) is 0 Å². The fourth-order valence-electron chi connectivity index (χ4n) is 4.57. The summed E-state index contributed by atoms with van der Waals surface area (Å²) in [5.74, 6) is -0.152. The molecule has 31 heavy (non-hydrogen) atoms. The SMILES string of the molecule is CC1(CO)CN(C(=O)c2ccc(Cl)cc2)CC2CN(C(=O)c3ccc(Cl)cc3)CCN21. The van der Waals surface area contributed by atoms with Gasteiger partial charge in [0.25, 0.3) is 11.8 Å². The van der Waals surface area contributed by atoms with Crippen molar-refractivity contribution in [3.8, 4) is 0 Å². The van der Waals surface area contributed by atoms with Crippen LogP contribution in [0.4, 0.5) is 0 Å². The van der Waals surface area contributed by atoms with Gasteiger partial charge < -0.3 is 14.9 Å². The summed E-state index contributed by atoms with van der Waals surface area (Å²) in [6.45, 7) is 4.51. The number of nitrogens with zero attached hydrogens (tertiary/aromatic N) is 3. The Morgan fingerprint density at radius 3 is 1.90 bits per heavy atom. The van der Waals surface area contributed by atoms with E-state index in [-0.39, 0.29) is 24.5 Å². The third-order valence-electron chi connectivity index (χ3n) is 6.24. The van der Waals surface area contributed by atoms with Crippen molar-refractivity contribution in [2.24, 2.45) is 0 Å². The zero-order valence-electron chi connectivity index (χ0n) is 17.3. The van der Waals surface area contributed by atoms with E-state index in [0.29, 0.717) is 53.9 Å². The molecule has 0 bridgehead atoms. The molecule has 2 atom stereocenters. The number of piperazine rings is 2. The van der Waals surface area contributed by atoms with Gasteiger partial charge in [-0.25, -0.2) is 0 Å². The number of amides is 2. The molecule has 4 rings (SSSR count). The molecule has 8 heteroatoms. The highest BCUT2D eigenvalue weighted by molar-refractivity contribution is 6.31. The van der Waals surface area contributed by atoms with Gasteiger partial charge in [0.05, 0.1) is 12.1 Å². The van der Waals surface area contributed by atoms with Crippen molar-refractivity contribution in [1.82, 2.24) is 14.7 Å². The van der Waals surface area contributed by atoms with Gasteiger partial charge in [-0.2, -0.15) is 0 Å². The highest BCUT2D eigenvalue weighted by Gasteiger charge is 2.46. The van der Waals surface area contributed by atoms with Gasteiger partial charge in [-0.05, 0) is 55.5 Å². The zero-order valence-corrected chi connectivity index (χ0v) is 18.8. The van der Waals surface area contributed by atoms with Crippen LogP contribution in [0.1, 0.15) is 27.6 Å². The average Bonchev–Trinajstić information content (AvgIpc) is 2.78. The Labute approximate surface area is 191 Å². The summed E-state index contributed by atoms with van der Waals surface area (Å²) in [5, 5.41) is 11.3. The number of hydrogen-bond donors (Lipinski definition) is 1. The lowest BCUT2D eigenvalue weighted by molar-refractivity contribution is -0.0783. The molecule has 0 radical (unpaired) electrons. The van der Waals surface area contributed by atoms with E-state index in [9.17, 15) is 14.7 Å². The highest BCUT2D eigenvalue weighted by Crippen LogP contribution is 2.30. The molecule has 2 heterocycles. The first-order chi connectivity index (χ1) is 14.8. The molecule has 6 nitrogen and oxygen atoms in total. The van der Waals surface area contributed by atoms with E-state index in [1.807, 2.05) is 11.8 Å². The second-order valence-electron chi connectivity index (χ2n) is 8.45. The molecule has 0 spiro atoms. The maximum atomic E-state index is 13.1. The maximum absolute atomic E-state index is 13.1. The molecule has 2 aromatic rings. The monoisotopic (exact) mass is 461 g/mol. The molecular weight excluding hydrogens is 437 g/mol. The van der Waals surface area contributed by atoms with Crippen LogP contribution in [0.2, 0.25) is 10.0 Å². The largest absolute Gasteiger partial charge is 0.394 e. The van der Waals surface area contributed by atoms with Crippen LogP contribution in [0.25, 0.3) is 0 Å². The van der Waals surface area contributed by atoms with Gasteiger partial charge in [-0.1, -0.05) is 23.2 Å². The molecule has 2 aliphatic heterocycles. The molecular formula is C23H25Cl2N3O3. The number of benzene rings is 2. The zero-order chi connectivity index (χ0) is 22.2. The third kappa shape index (κ3) is 4.44. The highest BCUT2D eigenvalue weighted by atomic mass is 35.5. The van der Waals surface area contributed by atoms with E-state index < -0.39 is 5.54 Å². The van der Waals surface area contributed by atoms with Crippen LogP contribution >= 0.6 is 23.2 Å². The standard InChI is InChI=1S/C23H25Cl2N3O3/c1-23(15-29)14-27(22(31)17-4-8-19(25)9-5-17)13-20-12-26(10-11-28(20)23)21(30)16-2-6-18(24)7-3-16/h2-9,20,29H,10-15H2,1H3. The summed E-state index contributed by atoms with van der Waals surface area (Å²) < 4.78 is 0. The molecule has 2 saturated heterocycles. The minimum atomic E-state index is -0.569. The van der Waals surface area contributed by atoms with Crippen molar-refractivity contribution in [2.75, 3.05) is 39.3 Å². The van der Waals surface area contributed by atoms with Crippen molar-refractivity contribution in [3.05, 3.63) is 69.7 Å². The van der Waals surface area contributed by atoms with Crippen LogP contribution in [-0.4, -0.2) is 82.5 Å². The van der Waals surface area contributed by atoms with Crippen LogP contribution in [0.15, 0.2) is 48.5 Å². The first-order valence-electron chi connectivity index (χ1n) is 10.3. The summed E-state index contributed by atoms with van der Waals surface area (Å²) in [6.07, 6.45) is 0. The predicted octanol–water partition coefficient (Wildman–Crippen LogP) is 3.03. The topological polar surface area (TPSA) is 64.1 Å². The number of aliphatic hydroxyl groups is 1. The second-order valence-corrected chi connectivity index (χ2v) is 9.33. The van der Waals surface area contributed by atoms with Crippen molar-refractivity contribution < 1.29 is 14.7 Å². The van der Waals surface area contributed by atoms with E-state index in [4.69, 9.17) is 23.2 Å². The summed E-state index contributed by atoms with van der Waals surface area (Å²) in [6, 6.07) is 13.6. The van der Waals surface area contributed by atoms with E-state index in [2.05, 4.69) is 4.90 Å². The Bertz CT molecular complexity index is 965. The number of carbonyl (C=O) groups is 2. The number of carbonyl (C=O) groups excluding carboxylic acids is 2. The summed E-state index contributed by atoms with van der Waals surface area (Å²) in [5.41, 5.74) is 0.580. The van der Waals surface area contributed by atoms with Crippen LogP contribution in [0, 0.1) is 0 Å². The van der Waals surface area contributed by atoms with E-state index in [1.54, 1.807) is 53.4 Å². The lowest BCUT2D eigenvalue weighted by Crippen LogP contribution is -2.72. The van der Waals surface area contributed by atoms with Crippen LogP contribution in [0.3, 0.4) is 0 Å². The number of halogens is 2. The molecule has 2 amide bonds. The van der Waals surface area contributed by atoms with Crippen molar-refractivity contribution in [1.29, 1.82) is 0 Å². The lowest BCUT2D eigenvalue weighted by Gasteiger charge is -2.56. The minimum Gasteiger partial charge on any atom is -0.394 e. The van der Waals surface area contributed by atoms with Gasteiger partial charge >= 0.3 is 0 Å². The molecule has 2 aliphatic rings. The number of aliphatic hydroxyl groups excluding tert-OH is 1. The first kappa shape index (κ1) is 22.1. The third-order valence-corrected chi connectivity index (χ3v) is 6.74. The van der Waals surface area contributed by atoms with Crippen molar-refractivity contribution >= 4 is 35.0 Å². The van der Waals surface area contributed by atoms with E-state index in [0.717, 1.165) is 0 Å². The Balaban J connectivity index is 1.54. The van der Waals surface area contributed by atoms with Crippen LogP contribution in [-0.2, 0) is 0 Å². The van der Waals surface area contributed by atoms with Gasteiger partial charge in [0.1, 0.15) is 0 Å². The molecule has 2 aromatic carbocycles. The fourth-order valence-corrected chi connectivity index (χ4v) is 4.83. The number of fused-ring (bicyclic) bond motifs is 1. The first-order valence-corrected chi connectivity index (χ1v) is 11.0. The van der Waals surface area contributed by atoms with Gasteiger partial charge in [0.15, 0.2) is 0 Å². The maximum Gasteiger partial charge on any atom is 0.253 e. The Morgan fingerprint density at radius 1 is 0.903 bits per heavy atom. The fraction of sp³-hybridized carbons (Fsp3) is 0.391. The summed E-state index contributed by atoms with van der Waals surface area (Å²) in [4.78, 5) is 32.0. The molecule has 0 saturated carbocycles. The molecule has 2 unspecified atom stereocenters. The van der Waals surface area contributed by atoms with E-state index >= 15 is 0 Å². The lowest BCUT2D eigenvalue weighted by atomic mass is 9.91. The molecule has 164 valence electrons. The summed E-state index contributed by atoms with van der Waals surface area (Å²) in [7, 11) is 0. The molecule has 0 aromatic heterocycles. The summed E-state index contributed by atoms with van der Waals surface area (Å²) >= 11 is 11.9. The normalized spacial score (nSPS) is 24.1. The molecule has 1 N–H and O–H groups in total. The number of hydrogen-bond acceptors (Lipinski definition) is 4. The number of rotatable bonds is 3. The van der Waals surface area contributed by atoms with Crippen LogP contribution < -0.4 is 0 Å². The van der Waals surface area contributed by atoms with Gasteiger partial charge in [0, 0.05) is 59.9 Å². The average molecular weight is 462 g/mol. The quantitative estimate of drug-likeness (QED) is 0.762. The van der Waals surface area contributed by atoms with Gasteiger partial charge in [0.2, 0.25) is 0 Å². The van der Waals surface area contributed by atoms with Gasteiger partial charge in [-0.15, -0.1) is 0 Å². The Kier molecular flexibility index (Phi) is 6.26. The minimum absolute atomic E-state index is 0.0526. The Hall–Kier alpha value is -2.12. The van der Waals surface area contributed by atoms with Crippen molar-refractivity contribution in [2.45, 2.75) is 18.5 Å².